The molecule has 0 radical (unpaired) electrons. The third-order valence-corrected chi connectivity index (χ3v) is 4.26. The van der Waals surface area contributed by atoms with Crippen molar-refractivity contribution in [3.8, 4) is 0 Å². The van der Waals surface area contributed by atoms with E-state index in [4.69, 9.17) is 0 Å². The van der Waals surface area contributed by atoms with Gasteiger partial charge in [-0.15, -0.1) is 0 Å². The first kappa shape index (κ1) is 12.2. The Morgan fingerprint density at radius 1 is 1.44 bits per heavy atom. The van der Waals surface area contributed by atoms with Gasteiger partial charge in [-0.25, -0.2) is 0 Å². The normalized spacial score (nSPS) is 24.2. The van der Waals surface area contributed by atoms with Crippen molar-refractivity contribution in [3.63, 3.8) is 0 Å². The number of nitrogens with one attached hydrogen (secondary N) is 1. The molecule has 0 aromatic rings. The fourth-order valence-corrected chi connectivity index (χ4v) is 3.24. The molecule has 2 rings (SSSR count). The Balaban J connectivity index is 1.70. The van der Waals surface area contributed by atoms with E-state index >= 15 is 0 Å². The first-order valence-electron chi connectivity index (χ1n) is 6.54. The predicted molar refractivity (Wildman–Crippen MR) is 72.3 cm³/mol. The summed E-state index contributed by atoms with van der Waals surface area (Å²) in [7, 11) is 0. The van der Waals surface area contributed by atoms with Gasteiger partial charge in [0.05, 0.1) is 0 Å². The van der Waals surface area contributed by atoms with Crippen molar-refractivity contribution in [1.29, 1.82) is 0 Å². The summed E-state index contributed by atoms with van der Waals surface area (Å²) in [6.45, 7) is 7.05. The zero-order valence-corrected chi connectivity index (χ0v) is 11.1. The van der Waals surface area contributed by atoms with Gasteiger partial charge in [-0.05, 0) is 32.2 Å². The number of nitrogens with zero attached hydrogens (tertiary/aromatic N) is 2. The minimum absolute atomic E-state index is 0.664. The topological polar surface area (TPSA) is 27.6 Å². The predicted octanol–water partition coefficient (Wildman–Crippen LogP) is 1.94. The van der Waals surface area contributed by atoms with Crippen molar-refractivity contribution in [1.82, 2.24) is 10.2 Å². The molecule has 2 aliphatic heterocycles. The summed E-state index contributed by atoms with van der Waals surface area (Å²) in [5.41, 5.74) is 0. The van der Waals surface area contributed by atoms with Crippen LogP contribution in [0.25, 0.3) is 0 Å². The monoisotopic (exact) mass is 241 g/mol. The minimum atomic E-state index is 0.664. The lowest BCUT2D eigenvalue weighted by Crippen LogP contribution is -2.44. The summed E-state index contributed by atoms with van der Waals surface area (Å²) in [6, 6.07) is 0.664. The molecular weight excluding hydrogens is 218 g/mol. The van der Waals surface area contributed by atoms with Crippen molar-refractivity contribution >= 4 is 16.9 Å². The van der Waals surface area contributed by atoms with E-state index in [2.05, 4.69) is 22.1 Å². The smallest absolute Gasteiger partial charge is 0.156 e. The Bertz CT molecular complexity index is 234. The van der Waals surface area contributed by atoms with Gasteiger partial charge in [0, 0.05) is 31.4 Å². The fraction of sp³-hybridized carbons (Fsp3) is 0.917. The maximum absolute atomic E-state index is 4.53. The fourth-order valence-electron chi connectivity index (χ4n) is 2.34. The second kappa shape index (κ2) is 6.50. The summed E-state index contributed by atoms with van der Waals surface area (Å²) in [6.07, 6.45) is 5.07. The lowest BCUT2D eigenvalue weighted by atomic mass is 10.1. The molecule has 0 atom stereocenters. The van der Waals surface area contributed by atoms with Crippen LogP contribution >= 0.6 is 11.8 Å². The molecule has 92 valence electrons. The van der Waals surface area contributed by atoms with Crippen LogP contribution in [0.4, 0.5) is 0 Å². The van der Waals surface area contributed by atoms with E-state index in [-0.39, 0.29) is 0 Å². The number of hydrogen-bond acceptors (Lipinski definition) is 4. The maximum atomic E-state index is 4.53. The van der Waals surface area contributed by atoms with Crippen molar-refractivity contribution in [2.75, 3.05) is 31.9 Å². The Kier molecular flexibility index (Phi) is 4.97. The summed E-state index contributed by atoms with van der Waals surface area (Å²) >= 11 is 1.89. The van der Waals surface area contributed by atoms with Gasteiger partial charge in [0.2, 0.25) is 0 Å². The van der Waals surface area contributed by atoms with Crippen LogP contribution in [0, 0.1) is 0 Å². The molecule has 0 spiro atoms. The second-order valence-electron chi connectivity index (χ2n) is 4.65. The van der Waals surface area contributed by atoms with Gasteiger partial charge < -0.3 is 10.2 Å². The zero-order valence-electron chi connectivity index (χ0n) is 10.2. The number of amidine groups is 1. The van der Waals surface area contributed by atoms with Gasteiger partial charge in [0.1, 0.15) is 0 Å². The molecule has 0 unspecified atom stereocenters. The molecule has 2 heterocycles. The Labute approximate surface area is 103 Å². The molecule has 0 aromatic carbocycles. The van der Waals surface area contributed by atoms with Crippen LogP contribution in [0.1, 0.15) is 32.6 Å². The highest BCUT2D eigenvalue weighted by atomic mass is 32.2. The van der Waals surface area contributed by atoms with Crippen molar-refractivity contribution in [2.24, 2.45) is 4.99 Å². The van der Waals surface area contributed by atoms with Gasteiger partial charge in [0.15, 0.2) is 5.17 Å². The van der Waals surface area contributed by atoms with Crippen LogP contribution in [0.3, 0.4) is 0 Å². The van der Waals surface area contributed by atoms with Crippen LogP contribution in [-0.2, 0) is 0 Å². The summed E-state index contributed by atoms with van der Waals surface area (Å²) in [5.74, 6) is 1.24. The van der Waals surface area contributed by atoms with Crippen LogP contribution in [-0.4, -0.2) is 48.0 Å². The molecule has 0 saturated carbocycles. The van der Waals surface area contributed by atoms with Gasteiger partial charge in [0.25, 0.3) is 0 Å². The van der Waals surface area contributed by atoms with E-state index in [0.717, 1.165) is 6.54 Å². The van der Waals surface area contributed by atoms with Crippen LogP contribution in [0.5, 0.6) is 0 Å². The number of rotatable bonds is 3. The van der Waals surface area contributed by atoms with Crippen LogP contribution in [0.15, 0.2) is 4.99 Å². The lowest BCUT2D eigenvalue weighted by molar-refractivity contribution is 0.207. The molecule has 1 fully saturated rings. The van der Waals surface area contributed by atoms with E-state index in [1.54, 1.807) is 0 Å². The summed E-state index contributed by atoms with van der Waals surface area (Å²) < 4.78 is 0. The first-order chi connectivity index (χ1) is 7.88. The van der Waals surface area contributed by atoms with E-state index in [1.807, 2.05) is 11.8 Å². The van der Waals surface area contributed by atoms with Gasteiger partial charge in [-0.3, -0.25) is 4.99 Å². The highest BCUT2D eigenvalue weighted by molar-refractivity contribution is 8.13. The van der Waals surface area contributed by atoms with E-state index < -0.39 is 0 Å². The van der Waals surface area contributed by atoms with Gasteiger partial charge in [-0.2, -0.15) is 0 Å². The molecule has 0 amide bonds. The van der Waals surface area contributed by atoms with Crippen molar-refractivity contribution < 1.29 is 0 Å². The SMILES string of the molecule is CCCN1CCC(NC2=NCCCS2)CC1. The molecule has 2 aliphatic rings. The van der Waals surface area contributed by atoms with Crippen LogP contribution < -0.4 is 5.32 Å². The molecular formula is C12H23N3S. The maximum Gasteiger partial charge on any atom is 0.156 e. The average Bonchev–Trinajstić information content (AvgIpc) is 2.33. The van der Waals surface area contributed by atoms with Gasteiger partial charge >= 0.3 is 0 Å². The molecule has 16 heavy (non-hydrogen) atoms. The highest BCUT2D eigenvalue weighted by Gasteiger charge is 2.19. The van der Waals surface area contributed by atoms with Crippen molar-refractivity contribution in [3.05, 3.63) is 0 Å². The number of hydrogen-bond donors (Lipinski definition) is 1. The molecule has 3 nitrogen and oxygen atoms in total. The van der Waals surface area contributed by atoms with E-state index in [9.17, 15) is 0 Å². The van der Waals surface area contributed by atoms with E-state index in [1.165, 1.54) is 56.2 Å². The third kappa shape index (κ3) is 3.67. The molecule has 1 saturated heterocycles. The highest BCUT2D eigenvalue weighted by Crippen LogP contribution is 2.15. The minimum Gasteiger partial charge on any atom is -0.362 e. The quantitative estimate of drug-likeness (QED) is 0.818. The van der Waals surface area contributed by atoms with Gasteiger partial charge in [-0.1, -0.05) is 18.7 Å². The Morgan fingerprint density at radius 2 is 2.25 bits per heavy atom. The molecule has 1 N–H and O–H groups in total. The summed E-state index contributed by atoms with van der Waals surface area (Å²) in [5, 5.41) is 4.80. The Hall–Kier alpha value is -0.220. The third-order valence-electron chi connectivity index (χ3n) is 3.25. The van der Waals surface area contributed by atoms with Crippen LogP contribution in [0.2, 0.25) is 0 Å². The first-order valence-corrected chi connectivity index (χ1v) is 7.53. The largest absolute Gasteiger partial charge is 0.362 e. The standard InChI is InChI=1S/C12H23N3S/c1-2-7-15-8-4-11(5-9-15)14-12-13-6-3-10-16-12/h11H,2-10H2,1H3,(H,13,14). The zero-order chi connectivity index (χ0) is 11.2. The number of thioether (sulfide) groups is 1. The second-order valence-corrected chi connectivity index (χ2v) is 5.73. The summed E-state index contributed by atoms with van der Waals surface area (Å²) in [4.78, 5) is 7.11. The lowest BCUT2D eigenvalue weighted by Gasteiger charge is -2.33. The van der Waals surface area contributed by atoms with E-state index in [0.29, 0.717) is 6.04 Å². The van der Waals surface area contributed by atoms with Crippen molar-refractivity contribution in [2.45, 2.75) is 38.6 Å². The molecule has 0 aliphatic carbocycles. The number of piperidine rings is 1. The number of likely N-dealkylation sites (tertiary alicyclic amines) is 1. The Morgan fingerprint density at radius 3 is 2.88 bits per heavy atom. The molecule has 4 heteroatoms. The molecule has 0 aromatic heterocycles. The number of aliphatic imine (C=N–C) groups is 1. The molecule has 0 bridgehead atoms. The average molecular weight is 241 g/mol.